The second kappa shape index (κ2) is 6.43. The van der Waals surface area contributed by atoms with Crippen LogP contribution in [0, 0.1) is 11.2 Å². The Labute approximate surface area is 130 Å². The van der Waals surface area contributed by atoms with Crippen molar-refractivity contribution < 1.29 is 19.1 Å². The number of amides is 2. The minimum atomic E-state index is -0.872. The van der Waals surface area contributed by atoms with Gasteiger partial charge in [0.2, 0.25) is 0 Å². The first-order valence-corrected chi connectivity index (χ1v) is 7.46. The molecule has 21 heavy (non-hydrogen) atoms. The lowest BCUT2D eigenvalue weighted by Gasteiger charge is -2.24. The summed E-state index contributed by atoms with van der Waals surface area (Å²) < 4.78 is 13.4. The topological polar surface area (TPSA) is 78.4 Å². The lowest BCUT2D eigenvalue weighted by molar-refractivity contribution is -0.148. The van der Waals surface area contributed by atoms with Crippen LogP contribution in [0.4, 0.5) is 14.9 Å². The molecule has 1 aliphatic rings. The van der Waals surface area contributed by atoms with Crippen LogP contribution in [0.1, 0.15) is 25.7 Å². The van der Waals surface area contributed by atoms with Crippen LogP contribution in [-0.2, 0) is 4.79 Å². The standard InChI is InChI=1S/C14H16BrFN2O3/c15-10-7-9(16)3-4-11(10)18-13(21)17-8-14(12(19)20)5-1-2-6-14/h3-4,7H,1-2,5-6,8H2,(H,19,20)(H2,17,18,21). The van der Waals surface area contributed by atoms with Crippen LogP contribution in [0.5, 0.6) is 0 Å². The highest BCUT2D eigenvalue weighted by Gasteiger charge is 2.41. The molecule has 3 N–H and O–H groups in total. The average Bonchev–Trinajstić information content (AvgIpc) is 2.90. The SMILES string of the molecule is O=C(NCC1(C(=O)O)CCCC1)Nc1ccc(F)cc1Br. The van der Waals surface area contributed by atoms with E-state index in [0.29, 0.717) is 23.0 Å². The van der Waals surface area contributed by atoms with Crippen LogP contribution in [0.15, 0.2) is 22.7 Å². The summed E-state index contributed by atoms with van der Waals surface area (Å²) in [6.45, 7) is 0.0903. The normalized spacial score (nSPS) is 16.5. The molecule has 5 nitrogen and oxygen atoms in total. The van der Waals surface area contributed by atoms with Gasteiger partial charge in [0, 0.05) is 11.0 Å². The largest absolute Gasteiger partial charge is 0.481 e. The minimum absolute atomic E-state index is 0.0903. The van der Waals surface area contributed by atoms with E-state index in [4.69, 9.17) is 0 Å². The van der Waals surface area contributed by atoms with Gasteiger partial charge in [-0.25, -0.2) is 9.18 Å². The summed E-state index contributed by atoms with van der Waals surface area (Å²) in [6.07, 6.45) is 2.87. The van der Waals surface area contributed by atoms with Crippen LogP contribution >= 0.6 is 15.9 Å². The number of hydrogen-bond donors (Lipinski definition) is 3. The molecule has 0 aliphatic heterocycles. The molecule has 7 heteroatoms. The third kappa shape index (κ3) is 3.72. The summed E-state index contributed by atoms with van der Waals surface area (Å²) in [5.74, 6) is -1.29. The zero-order valence-electron chi connectivity index (χ0n) is 11.3. The third-order valence-corrected chi connectivity index (χ3v) is 4.44. The van der Waals surface area contributed by atoms with Gasteiger partial charge in [-0.15, -0.1) is 0 Å². The fourth-order valence-corrected chi connectivity index (χ4v) is 2.97. The van der Waals surface area contributed by atoms with Crippen LogP contribution in [0.3, 0.4) is 0 Å². The maximum Gasteiger partial charge on any atom is 0.319 e. The van der Waals surface area contributed by atoms with E-state index in [1.807, 2.05) is 0 Å². The highest BCUT2D eigenvalue weighted by molar-refractivity contribution is 9.10. The molecule has 0 heterocycles. The third-order valence-electron chi connectivity index (χ3n) is 3.78. The van der Waals surface area contributed by atoms with Gasteiger partial charge in [-0.1, -0.05) is 12.8 Å². The highest BCUT2D eigenvalue weighted by atomic mass is 79.9. The summed E-state index contributed by atoms with van der Waals surface area (Å²) in [5, 5.41) is 14.5. The van der Waals surface area contributed by atoms with Crippen molar-refractivity contribution in [1.82, 2.24) is 5.32 Å². The van der Waals surface area contributed by atoms with Gasteiger partial charge in [0.15, 0.2) is 0 Å². The maximum atomic E-state index is 13.0. The van der Waals surface area contributed by atoms with Crippen molar-refractivity contribution in [3.8, 4) is 0 Å². The Kier molecular flexibility index (Phi) is 4.82. The van der Waals surface area contributed by atoms with E-state index in [0.717, 1.165) is 12.8 Å². The Bertz CT molecular complexity index is 559. The fraction of sp³-hybridized carbons (Fsp3) is 0.429. The molecule has 1 aromatic carbocycles. The van der Waals surface area contributed by atoms with Gasteiger partial charge in [0.25, 0.3) is 0 Å². The monoisotopic (exact) mass is 358 g/mol. The van der Waals surface area contributed by atoms with E-state index in [-0.39, 0.29) is 6.54 Å². The molecular weight excluding hydrogens is 343 g/mol. The summed E-state index contributed by atoms with van der Waals surface area (Å²) in [4.78, 5) is 23.2. The van der Waals surface area contributed by atoms with Crippen molar-refractivity contribution in [3.05, 3.63) is 28.5 Å². The number of carbonyl (C=O) groups excluding carboxylic acids is 1. The average molecular weight is 359 g/mol. The quantitative estimate of drug-likeness (QED) is 0.772. The number of carbonyl (C=O) groups is 2. The molecule has 1 saturated carbocycles. The van der Waals surface area contributed by atoms with Crippen molar-refractivity contribution in [2.24, 2.45) is 5.41 Å². The van der Waals surface area contributed by atoms with Gasteiger partial charge < -0.3 is 15.7 Å². The van der Waals surface area contributed by atoms with Crippen LogP contribution < -0.4 is 10.6 Å². The number of halogens is 2. The van der Waals surface area contributed by atoms with Gasteiger partial charge in [-0.3, -0.25) is 4.79 Å². The molecule has 0 unspecified atom stereocenters. The second-order valence-corrected chi connectivity index (χ2v) is 6.08. The number of carboxylic acid groups (broad SMARTS) is 1. The molecule has 0 spiro atoms. The molecule has 1 aromatic rings. The van der Waals surface area contributed by atoms with Crippen molar-refractivity contribution in [2.45, 2.75) is 25.7 Å². The number of hydrogen-bond acceptors (Lipinski definition) is 2. The summed E-state index contributed by atoms with van der Waals surface area (Å²) in [5.41, 5.74) is -0.443. The van der Waals surface area contributed by atoms with Gasteiger partial charge in [-0.05, 0) is 47.0 Å². The first-order valence-electron chi connectivity index (χ1n) is 6.66. The Hall–Kier alpha value is -1.63. The first-order chi connectivity index (χ1) is 9.93. The van der Waals surface area contributed by atoms with E-state index in [9.17, 15) is 19.1 Å². The molecule has 0 aromatic heterocycles. The Morgan fingerprint density at radius 3 is 2.57 bits per heavy atom. The van der Waals surface area contributed by atoms with Gasteiger partial charge in [0.05, 0.1) is 11.1 Å². The summed E-state index contributed by atoms with van der Waals surface area (Å²) >= 11 is 3.15. The highest BCUT2D eigenvalue weighted by Crippen LogP contribution is 2.37. The molecule has 0 atom stereocenters. The minimum Gasteiger partial charge on any atom is -0.481 e. The summed E-state index contributed by atoms with van der Waals surface area (Å²) in [7, 11) is 0. The predicted molar refractivity (Wildman–Crippen MR) is 79.7 cm³/mol. The van der Waals surface area contributed by atoms with Crippen molar-refractivity contribution in [2.75, 3.05) is 11.9 Å². The maximum absolute atomic E-state index is 13.0. The van der Waals surface area contributed by atoms with Crippen molar-refractivity contribution >= 4 is 33.6 Å². The van der Waals surface area contributed by atoms with E-state index >= 15 is 0 Å². The molecule has 114 valence electrons. The Morgan fingerprint density at radius 2 is 2.00 bits per heavy atom. The predicted octanol–water partition coefficient (Wildman–Crippen LogP) is 3.35. The molecule has 0 radical (unpaired) electrons. The molecule has 1 aliphatic carbocycles. The number of urea groups is 1. The van der Waals surface area contributed by atoms with E-state index in [1.54, 1.807) is 0 Å². The van der Waals surface area contributed by atoms with Crippen LogP contribution in [-0.4, -0.2) is 23.7 Å². The molecule has 2 amide bonds. The first kappa shape index (κ1) is 15.8. The van der Waals surface area contributed by atoms with Gasteiger partial charge >= 0.3 is 12.0 Å². The molecule has 1 fully saturated rings. The zero-order valence-corrected chi connectivity index (χ0v) is 12.9. The molecule has 0 bridgehead atoms. The number of rotatable bonds is 4. The van der Waals surface area contributed by atoms with E-state index in [1.165, 1.54) is 18.2 Å². The number of anilines is 1. The lowest BCUT2D eigenvalue weighted by atomic mass is 9.86. The second-order valence-electron chi connectivity index (χ2n) is 5.22. The molecule has 0 saturated heterocycles. The number of carboxylic acids is 1. The number of benzene rings is 1. The summed E-state index contributed by atoms with van der Waals surface area (Å²) in [6, 6.07) is 3.40. The Balaban J connectivity index is 1.94. The smallest absolute Gasteiger partial charge is 0.319 e. The van der Waals surface area contributed by atoms with Gasteiger partial charge in [0.1, 0.15) is 5.82 Å². The van der Waals surface area contributed by atoms with E-state index in [2.05, 4.69) is 26.6 Å². The van der Waals surface area contributed by atoms with E-state index < -0.39 is 23.2 Å². The Morgan fingerprint density at radius 1 is 1.33 bits per heavy atom. The lowest BCUT2D eigenvalue weighted by Crippen LogP contribution is -2.42. The molecular formula is C14H16BrFN2O3. The fourth-order valence-electron chi connectivity index (χ4n) is 2.52. The number of nitrogens with one attached hydrogen (secondary N) is 2. The van der Waals surface area contributed by atoms with Gasteiger partial charge in [-0.2, -0.15) is 0 Å². The molecule has 2 rings (SSSR count). The van der Waals surface area contributed by atoms with Crippen molar-refractivity contribution in [1.29, 1.82) is 0 Å². The number of aliphatic carboxylic acids is 1. The zero-order chi connectivity index (χ0) is 15.5. The van der Waals surface area contributed by atoms with Crippen LogP contribution in [0.25, 0.3) is 0 Å². The van der Waals surface area contributed by atoms with Crippen molar-refractivity contribution in [3.63, 3.8) is 0 Å². The van der Waals surface area contributed by atoms with Crippen LogP contribution in [0.2, 0.25) is 0 Å².